The molecule has 0 aliphatic rings. The van der Waals surface area contributed by atoms with Crippen molar-refractivity contribution in [2.75, 3.05) is 0 Å². The molecule has 0 spiro atoms. The second-order valence-electron chi connectivity index (χ2n) is 5.21. The number of Topliss-reactive ketones (excluding diaryl/α,β-unsaturated/α-hetero) is 1. The van der Waals surface area contributed by atoms with Crippen LogP contribution in [0.25, 0.3) is 10.2 Å². The van der Waals surface area contributed by atoms with Crippen molar-refractivity contribution in [3.8, 4) is 0 Å². The summed E-state index contributed by atoms with van der Waals surface area (Å²) in [5.74, 6) is 0.0230. The lowest BCUT2D eigenvalue weighted by Gasteiger charge is -2.14. The van der Waals surface area contributed by atoms with Crippen molar-refractivity contribution in [2.24, 2.45) is 0 Å². The van der Waals surface area contributed by atoms with Gasteiger partial charge in [0, 0.05) is 16.6 Å². The van der Waals surface area contributed by atoms with Gasteiger partial charge < -0.3 is 0 Å². The molecule has 0 saturated heterocycles. The van der Waals surface area contributed by atoms with E-state index in [0.717, 1.165) is 4.47 Å². The van der Waals surface area contributed by atoms with E-state index in [1.165, 1.54) is 23.1 Å². The summed E-state index contributed by atoms with van der Waals surface area (Å²) < 4.78 is 3.23. The molecule has 1 unspecified atom stereocenters. The van der Waals surface area contributed by atoms with Gasteiger partial charge in [0.15, 0.2) is 10.9 Å². The molecule has 0 bridgehead atoms. The molecule has 0 aliphatic carbocycles. The number of thioether (sulfide) groups is 1. The van der Waals surface area contributed by atoms with Gasteiger partial charge in [-0.25, -0.2) is 4.98 Å². The predicted octanol–water partition coefficient (Wildman–Crippen LogP) is 4.60. The smallest absolute Gasteiger partial charge is 0.272 e. The van der Waals surface area contributed by atoms with E-state index in [4.69, 9.17) is 0 Å². The largest absolute Gasteiger partial charge is 0.293 e. The van der Waals surface area contributed by atoms with Crippen molar-refractivity contribution in [1.82, 2.24) is 9.55 Å². The molecular formula is C17H15BrN2O2S2. The summed E-state index contributed by atoms with van der Waals surface area (Å²) in [6.45, 7) is 4.29. The topological polar surface area (TPSA) is 52.0 Å². The van der Waals surface area contributed by atoms with Crippen molar-refractivity contribution in [2.45, 2.75) is 30.8 Å². The number of benzene rings is 1. The predicted molar refractivity (Wildman–Crippen MR) is 103 cm³/mol. The molecule has 2 aromatic heterocycles. The highest BCUT2D eigenvalue weighted by Crippen LogP contribution is 2.26. The minimum atomic E-state index is -0.327. The summed E-state index contributed by atoms with van der Waals surface area (Å²) in [5, 5.41) is 2.13. The van der Waals surface area contributed by atoms with Gasteiger partial charge in [-0.05, 0) is 37.4 Å². The van der Waals surface area contributed by atoms with Crippen LogP contribution < -0.4 is 5.56 Å². The monoisotopic (exact) mass is 422 g/mol. The van der Waals surface area contributed by atoms with Crippen molar-refractivity contribution in [3.63, 3.8) is 0 Å². The molecule has 0 fully saturated rings. The summed E-state index contributed by atoms with van der Waals surface area (Å²) in [6, 6.07) is 9.13. The molecule has 7 heteroatoms. The highest BCUT2D eigenvalue weighted by Gasteiger charge is 2.20. The minimum Gasteiger partial charge on any atom is -0.293 e. The summed E-state index contributed by atoms with van der Waals surface area (Å²) in [5.41, 5.74) is 1.31. The summed E-state index contributed by atoms with van der Waals surface area (Å²) in [6.07, 6.45) is 0. The van der Waals surface area contributed by atoms with Gasteiger partial charge in [0.05, 0.1) is 10.8 Å². The normalized spacial score (nSPS) is 12.5. The van der Waals surface area contributed by atoms with E-state index in [0.29, 0.717) is 27.5 Å². The Morgan fingerprint density at radius 3 is 2.71 bits per heavy atom. The Morgan fingerprint density at radius 2 is 2.04 bits per heavy atom. The third kappa shape index (κ3) is 3.34. The van der Waals surface area contributed by atoms with Crippen molar-refractivity contribution < 1.29 is 4.79 Å². The zero-order valence-electron chi connectivity index (χ0n) is 13.2. The zero-order valence-corrected chi connectivity index (χ0v) is 16.4. The maximum absolute atomic E-state index is 12.6. The molecule has 2 heterocycles. The number of fused-ring (bicyclic) bond motifs is 1. The number of carbonyl (C=O) groups excluding carboxylic acids is 1. The molecule has 0 N–H and O–H groups in total. The number of hydrogen-bond acceptors (Lipinski definition) is 5. The van der Waals surface area contributed by atoms with Crippen LogP contribution in [0.2, 0.25) is 0 Å². The molecule has 0 saturated carbocycles. The van der Waals surface area contributed by atoms with Crippen LogP contribution in [0.3, 0.4) is 0 Å². The maximum Gasteiger partial charge on any atom is 0.272 e. The molecular weight excluding hydrogens is 408 g/mol. The standard InChI is InChI=1S/C17H15BrN2O2S2/c1-3-20-16(22)15-13(8-9-23-15)19-17(20)24-10(2)14(21)11-4-6-12(18)7-5-11/h4-10H,3H2,1-2H3. The van der Waals surface area contributed by atoms with Gasteiger partial charge in [0.1, 0.15) is 4.70 Å². The van der Waals surface area contributed by atoms with E-state index in [1.807, 2.05) is 37.4 Å². The number of hydrogen-bond donors (Lipinski definition) is 0. The first-order chi connectivity index (χ1) is 11.5. The quantitative estimate of drug-likeness (QED) is 0.342. The SMILES string of the molecule is CCn1c(SC(C)C(=O)c2ccc(Br)cc2)nc2ccsc2c1=O. The fourth-order valence-electron chi connectivity index (χ4n) is 2.35. The van der Waals surface area contributed by atoms with Crippen LogP contribution in [0.15, 0.2) is 50.1 Å². The highest BCUT2D eigenvalue weighted by atomic mass is 79.9. The van der Waals surface area contributed by atoms with Gasteiger partial charge in [-0.15, -0.1) is 11.3 Å². The molecule has 0 amide bonds. The van der Waals surface area contributed by atoms with Crippen LogP contribution in [0.1, 0.15) is 24.2 Å². The van der Waals surface area contributed by atoms with E-state index in [-0.39, 0.29) is 16.6 Å². The van der Waals surface area contributed by atoms with E-state index in [1.54, 1.807) is 16.7 Å². The molecule has 0 radical (unpaired) electrons. The van der Waals surface area contributed by atoms with Crippen LogP contribution >= 0.6 is 39.0 Å². The lowest BCUT2D eigenvalue weighted by molar-refractivity contribution is 0.0994. The molecule has 1 atom stereocenters. The number of halogens is 1. The van der Waals surface area contributed by atoms with Crippen molar-refractivity contribution >= 4 is 55.0 Å². The Bertz CT molecular complexity index is 947. The average Bonchev–Trinajstić information content (AvgIpc) is 3.04. The highest BCUT2D eigenvalue weighted by molar-refractivity contribution is 9.10. The van der Waals surface area contributed by atoms with Gasteiger partial charge >= 0.3 is 0 Å². The fraction of sp³-hybridized carbons (Fsp3) is 0.235. The number of nitrogens with zero attached hydrogens (tertiary/aromatic N) is 2. The third-order valence-electron chi connectivity index (χ3n) is 3.63. The maximum atomic E-state index is 12.6. The van der Waals surface area contributed by atoms with Crippen LogP contribution in [-0.4, -0.2) is 20.6 Å². The lowest BCUT2D eigenvalue weighted by atomic mass is 10.1. The second kappa shape index (κ2) is 7.21. The van der Waals surface area contributed by atoms with Gasteiger partial charge in [0.2, 0.25) is 0 Å². The van der Waals surface area contributed by atoms with Gasteiger partial charge in [-0.2, -0.15) is 0 Å². The minimum absolute atomic E-state index is 0.0230. The Morgan fingerprint density at radius 1 is 1.33 bits per heavy atom. The zero-order chi connectivity index (χ0) is 17.3. The third-order valence-corrected chi connectivity index (χ3v) is 6.14. The molecule has 1 aromatic carbocycles. The van der Waals surface area contributed by atoms with Crippen LogP contribution in [-0.2, 0) is 6.54 Å². The first-order valence-electron chi connectivity index (χ1n) is 7.45. The number of carbonyl (C=O) groups is 1. The Balaban J connectivity index is 1.92. The number of ketones is 1. The summed E-state index contributed by atoms with van der Waals surface area (Å²) >= 11 is 6.10. The Hall–Kier alpha value is -1.44. The van der Waals surface area contributed by atoms with E-state index < -0.39 is 0 Å². The number of thiophene rings is 1. The fourth-order valence-corrected chi connectivity index (χ4v) is 4.45. The first kappa shape index (κ1) is 17.4. The molecule has 24 heavy (non-hydrogen) atoms. The average molecular weight is 423 g/mol. The lowest BCUT2D eigenvalue weighted by Crippen LogP contribution is -2.23. The van der Waals surface area contributed by atoms with Crippen molar-refractivity contribution in [3.05, 3.63) is 56.1 Å². The molecule has 0 aliphatic heterocycles. The first-order valence-corrected chi connectivity index (χ1v) is 10.0. The summed E-state index contributed by atoms with van der Waals surface area (Å²) in [7, 11) is 0. The summed E-state index contributed by atoms with van der Waals surface area (Å²) in [4.78, 5) is 29.7. The van der Waals surface area contributed by atoms with Gasteiger partial charge in [-0.1, -0.05) is 39.8 Å². The van der Waals surface area contributed by atoms with E-state index in [9.17, 15) is 9.59 Å². The van der Waals surface area contributed by atoms with E-state index in [2.05, 4.69) is 20.9 Å². The molecule has 4 nitrogen and oxygen atoms in total. The van der Waals surface area contributed by atoms with Crippen LogP contribution in [0.4, 0.5) is 0 Å². The second-order valence-corrected chi connectivity index (χ2v) is 8.35. The van der Waals surface area contributed by atoms with Crippen LogP contribution in [0.5, 0.6) is 0 Å². The van der Waals surface area contributed by atoms with Gasteiger partial charge in [-0.3, -0.25) is 14.2 Å². The molecule has 3 aromatic rings. The van der Waals surface area contributed by atoms with E-state index >= 15 is 0 Å². The van der Waals surface area contributed by atoms with Gasteiger partial charge in [0.25, 0.3) is 5.56 Å². The number of rotatable bonds is 5. The molecule has 124 valence electrons. The van der Waals surface area contributed by atoms with Crippen LogP contribution in [0, 0.1) is 0 Å². The Labute approximate surface area is 156 Å². The number of aromatic nitrogens is 2. The molecule has 3 rings (SSSR count). The van der Waals surface area contributed by atoms with Crippen molar-refractivity contribution in [1.29, 1.82) is 0 Å². The Kier molecular flexibility index (Phi) is 5.22.